The summed E-state index contributed by atoms with van der Waals surface area (Å²) in [5.74, 6) is -1.77. The molecule has 0 amide bonds. The second-order valence-corrected chi connectivity index (χ2v) is 3.20. The molecule has 2 rings (SSSR count). The van der Waals surface area contributed by atoms with Gasteiger partial charge in [0.2, 0.25) is 0 Å². The van der Waals surface area contributed by atoms with Crippen molar-refractivity contribution >= 4 is 5.97 Å². The maximum absolute atomic E-state index is 11.4. The molecule has 0 saturated carbocycles. The van der Waals surface area contributed by atoms with Crippen LogP contribution in [-0.2, 0) is 17.9 Å². The van der Waals surface area contributed by atoms with Crippen LogP contribution in [0.3, 0.4) is 0 Å². The Kier molecular flexibility index (Phi) is 2.20. The van der Waals surface area contributed by atoms with E-state index >= 15 is 0 Å². The molecule has 0 unspecified atom stereocenters. The number of aromatic carboxylic acids is 1. The molecule has 0 saturated heterocycles. The molecule has 6 heteroatoms. The first kappa shape index (κ1) is 9.72. The Bertz CT molecular complexity index is 476. The van der Waals surface area contributed by atoms with Gasteiger partial charge in [-0.15, -0.1) is 0 Å². The average molecular weight is 211 g/mol. The topological polar surface area (TPSA) is 88.8 Å². The number of hydrogen-bond donors (Lipinski definition) is 2. The summed E-state index contributed by atoms with van der Waals surface area (Å²) in [6, 6.07) is 0.915. The van der Waals surface area contributed by atoms with Crippen LogP contribution >= 0.6 is 0 Å². The zero-order valence-electron chi connectivity index (χ0n) is 7.77. The second-order valence-electron chi connectivity index (χ2n) is 3.20. The lowest BCUT2D eigenvalue weighted by Crippen LogP contribution is -2.31. The number of carbonyl (C=O) groups is 1. The fourth-order valence-corrected chi connectivity index (χ4v) is 1.64. The third-order valence-corrected chi connectivity index (χ3v) is 2.31. The lowest BCUT2D eigenvalue weighted by molar-refractivity contribution is 0.0642. The lowest BCUT2D eigenvalue weighted by atomic mass is 10.1. The molecule has 0 fully saturated rings. The highest BCUT2D eigenvalue weighted by molar-refractivity contribution is 5.91. The lowest BCUT2D eigenvalue weighted by Gasteiger charge is -2.20. The van der Waals surface area contributed by atoms with Crippen LogP contribution in [0, 0.1) is 0 Å². The Balaban J connectivity index is 2.74. The number of hydrogen-bond acceptors (Lipinski definition) is 4. The third-order valence-electron chi connectivity index (χ3n) is 2.31. The fourth-order valence-electron chi connectivity index (χ4n) is 1.64. The van der Waals surface area contributed by atoms with Gasteiger partial charge in [-0.2, -0.15) is 0 Å². The minimum atomic E-state index is -1.26. The number of aromatic hydroxyl groups is 1. The van der Waals surface area contributed by atoms with E-state index < -0.39 is 17.3 Å². The standard InChI is InChI=1S/C9H9NO5/c11-6-3-7(12)10-1-2-15-4-5(10)8(6)9(13)14/h3,11H,1-2,4H2,(H,13,14). The van der Waals surface area contributed by atoms with Crippen LogP contribution in [0.15, 0.2) is 10.9 Å². The van der Waals surface area contributed by atoms with E-state index in [2.05, 4.69) is 0 Å². The Hall–Kier alpha value is -1.82. The molecule has 80 valence electrons. The molecule has 0 spiro atoms. The molecular weight excluding hydrogens is 202 g/mol. The zero-order chi connectivity index (χ0) is 11.0. The third kappa shape index (κ3) is 1.48. The van der Waals surface area contributed by atoms with Gasteiger partial charge < -0.3 is 19.5 Å². The predicted molar refractivity (Wildman–Crippen MR) is 49.0 cm³/mol. The highest BCUT2D eigenvalue weighted by Crippen LogP contribution is 2.21. The Morgan fingerprint density at radius 3 is 2.93 bits per heavy atom. The maximum Gasteiger partial charge on any atom is 0.341 e. The molecule has 15 heavy (non-hydrogen) atoms. The second kappa shape index (κ2) is 3.39. The van der Waals surface area contributed by atoms with Crippen molar-refractivity contribution in [2.45, 2.75) is 13.2 Å². The van der Waals surface area contributed by atoms with Crippen molar-refractivity contribution in [1.82, 2.24) is 4.57 Å². The van der Waals surface area contributed by atoms with Crippen molar-refractivity contribution in [2.75, 3.05) is 6.61 Å². The minimum absolute atomic E-state index is 0.0330. The quantitative estimate of drug-likeness (QED) is 0.670. The summed E-state index contributed by atoms with van der Waals surface area (Å²) < 4.78 is 6.37. The van der Waals surface area contributed by atoms with E-state index in [0.717, 1.165) is 6.07 Å². The smallest absolute Gasteiger partial charge is 0.341 e. The van der Waals surface area contributed by atoms with Crippen LogP contribution in [0.4, 0.5) is 0 Å². The Labute approximate surface area is 84.3 Å². The van der Waals surface area contributed by atoms with E-state index in [-0.39, 0.29) is 17.9 Å². The van der Waals surface area contributed by atoms with Crippen LogP contribution in [0.25, 0.3) is 0 Å². The fraction of sp³-hybridized carbons (Fsp3) is 0.333. The molecule has 0 aromatic carbocycles. The van der Waals surface area contributed by atoms with E-state index in [1.54, 1.807) is 0 Å². The Morgan fingerprint density at radius 1 is 1.53 bits per heavy atom. The molecule has 0 radical (unpaired) electrons. The summed E-state index contributed by atoms with van der Waals surface area (Å²) in [5.41, 5.74) is -0.441. The minimum Gasteiger partial charge on any atom is -0.507 e. The normalized spacial score (nSPS) is 14.7. The van der Waals surface area contributed by atoms with Gasteiger partial charge >= 0.3 is 5.97 Å². The van der Waals surface area contributed by atoms with Gasteiger partial charge in [-0.25, -0.2) is 4.79 Å². The number of rotatable bonds is 1. The highest BCUT2D eigenvalue weighted by Gasteiger charge is 2.22. The molecule has 2 N–H and O–H groups in total. The number of aromatic nitrogens is 1. The molecule has 0 atom stereocenters. The van der Waals surface area contributed by atoms with Crippen LogP contribution in [0.1, 0.15) is 16.1 Å². The number of pyridine rings is 1. The first-order chi connectivity index (χ1) is 7.11. The largest absolute Gasteiger partial charge is 0.507 e. The molecule has 1 aliphatic heterocycles. The Morgan fingerprint density at radius 2 is 2.27 bits per heavy atom. The van der Waals surface area contributed by atoms with Gasteiger partial charge in [0.15, 0.2) is 0 Å². The number of fused-ring (bicyclic) bond motifs is 1. The predicted octanol–water partition coefficient (Wildman–Crippen LogP) is -0.218. The average Bonchev–Trinajstić information content (AvgIpc) is 2.17. The van der Waals surface area contributed by atoms with E-state index in [1.807, 2.05) is 0 Å². The van der Waals surface area contributed by atoms with Crippen LogP contribution in [-0.4, -0.2) is 27.4 Å². The maximum atomic E-state index is 11.4. The van der Waals surface area contributed by atoms with Crippen LogP contribution in [0.5, 0.6) is 5.75 Å². The zero-order valence-corrected chi connectivity index (χ0v) is 7.77. The van der Waals surface area contributed by atoms with Gasteiger partial charge in [0.1, 0.15) is 11.3 Å². The summed E-state index contributed by atoms with van der Waals surface area (Å²) in [5, 5.41) is 18.2. The summed E-state index contributed by atoms with van der Waals surface area (Å²) in [6.07, 6.45) is 0. The summed E-state index contributed by atoms with van der Waals surface area (Å²) in [4.78, 5) is 22.3. The van der Waals surface area contributed by atoms with Crippen LogP contribution in [0.2, 0.25) is 0 Å². The first-order valence-corrected chi connectivity index (χ1v) is 4.38. The van der Waals surface area contributed by atoms with Crippen molar-refractivity contribution in [1.29, 1.82) is 0 Å². The van der Waals surface area contributed by atoms with Crippen molar-refractivity contribution < 1.29 is 19.7 Å². The summed E-state index contributed by atoms with van der Waals surface area (Å²) in [6.45, 7) is 0.719. The monoisotopic (exact) mass is 211 g/mol. The van der Waals surface area contributed by atoms with Crippen molar-refractivity contribution in [2.24, 2.45) is 0 Å². The van der Waals surface area contributed by atoms with Gasteiger partial charge in [-0.1, -0.05) is 0 Å². The molecule has 1 aromatic heterocycles. The van der Waals surface area contributed by atoms with E-state index in [1.165, 1.54) is 4.57 Å². The van der Waals surface area contributed by atoms with Gasteiger partial charge in [0.25, 0.3) is 5.56 Å². The molecule has 6 nitrogen and oxygen atoms in total. The number of carboxylic acids is 1. The number of carboxylic acid groups (broad SMARTS) is 1. The molecule has 0 bridgehead atoms. The number of nitrogens with zero attached hydrogens (tertiary/aromatic N) is 1. The van der Waals surface area contributed by atoms with E-state index in [4.69, 9.17) is 9.84 Å². The summed E-state index contributed by atoms with van der Waals surface area (Å²) in [7, 11) is 0. The van der Waals surface area contributed by atoms with Crippen molar-refractivity contribution in [3.8, 4) is 5.75 Å². The van der Waals surface area contributed by atoms with Crippen LogP contribution < -0.4 is 5.56 Å². The molecule has 0 aliphatic carbocycles. The SMILES string of the molecule is O=C(O)c1c(O)cc(=O)n2c1COCC2. The highest BCUT2D eigenvalue weighted by atomic mass is 16.5. The molecular formula is C9H9NO5. The van der Waals surface area contributed by atoms with Gasteiger partial charge in [0, 0.05) is 12.6 Å². The molecule has 2 heterocycles. The van der Waals surface area contributed by atoms with Gasteiger partial charge in [-0.3, -0.25) is 4.79 Å². The van der Waals surface area contributed by atoms with Crippen molar-refractivity contribution in [3.05, 3.63) is 27.7 Å². The van der Waals surface area contributed by atoms with E-state index in [9.17, 15) is 14.7 Å². The van der Waals surface area contributed by atoms with E-state index in [0.29, 0.717) is 13.2 Å². The van der Waals surface area contributed by atoms with Gasteiger partial charge in [-0.05, 0) is 0 Å². The first-order valence-electron chi connectivity index (χ1n) is 4.38. The molecule has 1 aliphatic rings. The molecule has 1 aromatic rings. The summed E-state index contributed by atoms with van der Waals surface area (Å²) >= 11 is 0. The van der Waals surface area contributed by atoms with Gasteiger partial charge in [0.05, 0.1) is 18.9 Å². The number of ether oxygens (including phenoxy) is 1. The van der Waals surface area contributed by atoms with Crippen molar-refractivity contribution in [3.63, 3.8) is 0 Å².